The van der Waals surface area contributed by atoms with Gasteiger partial charge in [-0.25, -0.2) is 0 Å². The highest BCUT2D eigenvalue weighted by molar-refractivity contribution is 8.07. The molecule has 2 aliphatic carbocycles. The summed E-state index contributed by atoms with van der Waals surface area (Å²) >= 11 is 3.93. The smallest absolute Gasteiger partial charge is 0.0657 e. The van der Waals surface area contributed by atoms with E-state index in [-0.39, 0.29) is 0 Å². The van der Waals surface area contributed by atoms with Gasteiger partial charge in [0.25, 0.3) is 0 Å². The number of hydrogen-bond donors (Lipinski definition) is 0. The maximum absolute atomic E-state index is 5.95. The molecule has 30 heavy (non-hydrogen) atoms. The fraction of sp³-hybridized carbons (Fsp3) is 0.680. The molecule has 3 rings (SSSR count). The molecule has 0 aromatic heterocycles. The van der Waals surface area contributed by atoms with Crippen LogP contribution in [-0.2, 0) is 4.84 Å². The third-order valence-corrected chi connectivity index (χ3v) is 7.77. The summed E-state index contributed by atoms with van der Waals surface area (Å²) in [6.45, 7) is 13.3. The van der Waals surface area contributed by atoms with Crippen LogP contribution in [-0.4, -0.2) is 42.0 Å². The Balaban J connectivity index is 0.00000155. The van der Waals surface area contributed by atoms with E-state index in [9.17, 15) is 0 Å². The average molecular weight is 451 g/mol. The molecule has 3 nitrogen and oxygen atoms in total. The predicted molar refractivity (Wildman–Crippen MR) is 136 cm³/mol. The molecular weight excluding hydrogens is 408 g/mol. The monoisotopic (exact) mass is 450 g/mol. The van der Waals surface area contributed by atoms with Gasteiger partial charge >= 0.3 is 0 Å². The summed E-state index contributed by atoms with van der Waals surface area (Å²) < 4.78 is 0. The standard InChI is InChI=1S/C23H36N2OS2.C2H6/c1-5-10-18(25(6-2)26-7-3)15-16-24-20-11-8-9-12-22(20)28-23-14-13-19(27-4)17-21(23)24;1-2/h11-12,17-18H,5-10,13-16H2,1-4H3;1-2H3. The molecule has 170 valence electrons. The molecule has 0 aromatic rings. The zero-order valence-corrected chi connectivity index (χ0v) is 21.6. The Labute approximate surface area is 194 Å². The lowest BCUT2D eigenvalue weighted by molar-refractivity contribution is -0.183. The van der Waals surface area contributed by atoms with Gasteiger partial charge in [0, 0.05) is 28.9 Å². The lowest BCUT2D eigenvalue weighted by Gasteiger charge is -2.40. The van der Waals surface area contributed by atoms with Crippen molar-refractivity contribution >= 4 is 23.5 Å². The minimum atomic E-state index is 0.484. The summed E-state index contributed by atoms with van der Waals surface area (Å²) in [5.74, 6) is 0. The molecule has 0 aromatic carbocycles. The van der Waals surface area contributed by atoms with E-state index in [0.717, 1.165) is 32.5 Å². The van der Waals surface area contributed by atoms with Crippen molar-refractivity contribution in [2.24, 2.45) is 0 Å². The molecule has 3 aliphatic rings. The van der Waals surface area contributed by atoms with Gasteiger partial charge in [0.2, 0.25) is 0 Å². The molecule has 0 saturated heterocycles. The van der Waals surface area contributed by atoms with Gasteiger partial charge in [-0.3, -0.25) is 4.84 Å². The second kappa shape index (κ2) is 13.7. The van der Waals surface area contributed by atoms with Crippen molar-refractivity contribution in [1.82, 2.24) is 9.96 Å². The highest BCUT2D eigenvalue weighted by atomic mass is 32.2. The predicted octanol–water partition coefficient (Wildman–Crippen LogP) is 7.71. The van der Waals surface area contributed by atoms with E-state index in [4.69, 9.17) is 4.84 Å². The van der Waals surface area contributed by atoms with Crippen LogP contribution in [0.5, 0.6) is 0 Å². The molecule has 0 spiro atoms. The van der Waals surface area contributed by atoms with Gasteiger partial charge in [-0.2, -0.15) is 5.06 Å². The molecule has 0 saturated carbocycles. The van der Waals surface area contributed by atoms with Crippen LogP contribution < -0.4 is 0 Å². The summed E-state index contributed by atoms with van der Waals surface area (Å²) in [5, 5.41) is 2.22. The first-order valence-electron chi connectivity index (χ1n) is 11.9. The maximum atomic E-state index is 5.95. The molecule has 1 unspecified atom stereocenters. The Bertz CT molecular complexity index is 666. The van der Waals surface area contributed by atoms with Gasteiger partial charge in [0.15, 0.2) is 0 Å². The number of allylic oxidation sites excluding steroid dienone is 5. The quantitative estimate of drug-likeness (QED) is 0.316. The fourth-order valence-corrected chi connectivity index (χ4v) is 6.09. The summed E-state index contributed by atoms with van der Waals surface area (Å²) in [6.07, 6.45) is 17.8. The van der Waals surface area contributed by atoms with E-state index >= 15 is 0 Å². The highest BCUT2D eigenvalue weighted by Crippen LogP contribution is 2.49. The number of fused-ring (bicyclic) bond motifs is 1. The van der Waals surface area contributed by atoms with Crippen LogP contribution in [0.15, 0.2) is 44.3 Å². The molecule has 1 atom stereocenters. The van der Waals surface area contributed by atoms with Crippen LogP contribution in [0.4, 0.5) is 0 Å². The molecule has 0 N–H and O–H groups in total. The zero-order valence-electron chi connectivity index (χ0n) is 20.0. The highest BCUT2D eigenvalue weighted by Gasteiger charge is 2.31. The number of rotatable bonds is 10. The SMILES string of the molecule is CC.CCCC(CCN1C2=CCCC=C2SC2=C1C=C(SC)CC2)N(CC)OCC. The lowest BCUT2D eigenvalue weighted by atomic mass is 10.0. The molecule has 1 aliphatic heterocycles. The number of nitrogens with zero attached hydrogens (tertiary/aromatic N) is 2. The van der Waals surface area contributed by atoms with Crippen molar-refractivity contribution < 1.29 is 4.84 Å². The van der Waals surface area contributed by atoms with E-state index in [1.165, 1.54) is 53.3 Å². The van der Waals surface area contributed by atoms with Gasteiger partial charge in [-0.1, -0.05) is 58.0 Å². The van der Waals surface area contributed by atoms with Crippen molar-refractivity contribution in [2.45, 2.75) is 85.6 Å². The normalized spacial score (nSPS) is 19.3. The Hall–Kier alpha value is -0.620. The maximum Gasteiger partial charge on any atom is 0.0657 e. The number of hydrogen-bond acceptors (Lipinski definition) is 5. The minimum absolute atomic E-state index is 0.484. The fourth-order valence-electron chi connectivity index (χ4n) is 4.31. The molecule has 1 heterocycles. The summed E-state index contributed by atoms with van der Waals surface area (Å²) in [7, 11) is 0. The Morgan fingerprint density at radius 2 is 1.90 bits per heavy atom. The second-order valence-electron chi connectivity index (χ2n) is 7.49. The van der Waals surface area contributed by atoms with Gasteiger partial charge in [-0.05, 0) is 62.7 Å². The largest absolute Gasteiger partial charge is 0.340 e. The molecule has 0 bridgehead atoms. The van der Waals surface area contributed by atoms with E-state index in [1.807, 2.05) is 37.4 Å². The van der Waals surface area contributed by atoms with E-state index < -0.39 is 0 Å². The van der Waals surface area contributed by atoms with Crippen molar-refractivity contribution in [2.75, 3.05) is 26.0 Å². The Kier molecular flexibility index (Phi) is 11.7. The van der Waals surface area contributed by atoms with Crippen LogP contribution in [0.2, 0.25) is 0 Å². The van der Waals surface area contributed by atoms with Crippen LogP contribution in [0.25, 0.3) is 0 Å². The summed E-state index contributed by atoms with van der Waals surface area (Å²) in [6, 6.07) is 0.484. The molecule has 0 fully saturated rings. The third-order valence-electron chi connectivity index (χ3n) is 5.67. The van der Waals surface area contributed by atoms with Crippen LogP contribution in [0, 0.1) is 0 Å². The number of thioether (sulfide) groups is 2. The molecule has 5 heteroatoms. The molecule has 0 radical (unpaired) electrons. The molecule has 0 amide bonds. The van der Waals surface area contributed by atoms with Crippen LogP contribution >= 0.6 is 23.5 Å². The van der Waals surface area contributed by atoms with E-state index in [0.29, 0.717) is 6.04 Å². The molecular formula is C25H42N2OS2. The third kappa shape index (κ3) is 6.44. The van der Waals surface area contributed by atoms with Gasteiger partial charge in [0.05, 0.1) is 18.0 Å². The van der Waals surface area contributed by atoms with Gasteiger partial charge in [0.1, 0.15) is 0 Å². The first-order chi connectivity index (χ1) is 14.7. The first-order valence-corrected chi connectivity index (χ1v) is 14.0. The van der Waals surface area contributed by atoms with Crippen molar-refractivity contribution in [3.63, 3.8) is 0 Å². The first kappa shape index (κ1) is 25.6. The van der Waals surface area contributed by atoms with Crippen LogP contribution in [0.3, 0.4) is 0 Å². The van der Waals surface area contributed by atoms with E-state index in [2.05, 4.69) is 55.2 Å². The van der Waals surface area contributed by atoms with E-state index in [1.54, 1.807) is 4.91 Å². The number of hydroxylamine groups is 2. The minimum Gasteiger partial charge on any atom is -0.340 e. The Morgan fingerprint density at radius 3 is 2.57 bits per heavy atom. The lowest BCUT2D eigenvalue weighted by Crippen LogP contribution is -2.39. The van der Waals surface area contributed by atoms with Crippen molar-refractivity contribution in [3.05, 3.63) is 44.3 Å². The second-order valence-corrected chi connectivity index (χ2v) is 9.56. The van der Waals surface area contributed by atoms with Gasteiger partial charge < -0.3 is 4.90 Å². The van der Waals surface area contributed by atoms with Crippen LogP contribution in [0.1, 0.15) is 79.6 Å². The summed E-state index contributed by atoms with van der Waals surface area (Å²) in [4.78, 5) is 13.1. The van der Waals surface area contributed by atoms with Crippen molar-refractivity contribution in [3.8, 4) is 0 Å². The summed E-state index contributed by atoms with van der Waals surface area (Å²) in [5.41, 5.74) is 2.91. The topological polar surface area (TPSA) is 15.7 Å². The Morgan fingerprint density at radius 1 is 1.13 bits per heavy atom. The zero-order chi connectivity index (χ0) is 21.9. The average Bonchev–Trinajstić information content (AvgIpc) is 2.80. The van der Waals surface area contributed by atoms with Crippen molar-refractivity contribution in [1.29, 1.82) is 0 Å². The van der Waals surface area contributed by atoms with Gasteiger partial charge in [-0.15, -0.1) is 11.8 Å².